The molecule has 1 aromatic heterocycles. The maximum atomic E-state index is 12.1. The van der Waals surface area contributed by atoms with Crippen molar-refractivity contribution in [1.29, 1.82) is 0 Å². The van der Waals surface area contributed by atoms with E-state index in [0.717, 1.165) is 11.3 Å². The van der Waals surface area contributed by atoms with Gasteiger partial charge in [0.15, 0.2) is 0 Å². The van der Waals surface area contributed by atoms with Gasteiger partial charge in [-0.15, -0.1) is 10.2 Å². The molecule has 1 amide bonds. The summed E-state index contributed by atoms with van der Waals surface area (Å²) in [6, 6.07) is 7.55. The van der Waals surface area contributed by atoms with Gasteiger partial charge in [-0.3, -0.25) is 4.79 Å². The molecular weight excluding hydrogens is 264 g/mol. The number of carbonyl (C=O) groups is 1. The first-order valence-corrected chi connectivity index (χ1v) is 6.63. The van der Waals surface area contributed by atoms with Crippen molar-refractivity contribution in [3.05, 3.63) is 34.8 Å². The molecular formula is C12H12N4O2S. The molecule has 2 aromatic rings. The van der Waals surface area contributed by atoms with Crippen LogP contribution in [0.5, 0.6) is 5.75 Å². The maximum absolute atomic E-state index is 12.1. The largest absolute Gasteiger partial charge is 0.491 e. The predicted molar refractivity (Wildman–Crippen MR) is 71.6 cm³/mol. The van der Waals surface area contributed by atoms with Gasteiger partial charge < -0.3 is 15.4 Å². The van der Waals surface area contributed by atoms with Gasteiger partial charge in [0.25, 0.3) is 5.91 Å². The van der Waals surface area contributed by atoms with Crippen LogP contribution in [0.25, 0.3) is 0 Å². The van der Waals surface area contributed by atoms with Gasteiger partial charge in [-0.25, -0.2) is 0 Å². The van der Waals surface area contributed by atoms with Gasteiger partial charge >= 0.3 is 0 Å². The Kier molecular flexibility index (Phi) is 3.04. The van der Waals surface area contributed by atoms with Crippen LogP contribution in [-0.2, 0) is 0 Å². The number of aromatic nitrogens is 2. The molecule has 6 nitrogen and oxygen atoms in total. The van der Waals surface area contributed by atoms with Gasteiger partial charge in [0.2, 0.25) is 10.1 Å². The lowest BCUT2D eigenvalue weighted by atomic mass is 10.1. The zero-order valence-corrected chi connectivity index (χ0v) is 11.0. The molecule has 0 fully saturated rings. The molecule has 0 radical (unpaired) electrons. The number of benzene rings is 1. The highest BCUT2D eigenvalue weighted by Gasteiger charge is 2.26. The van der Waals surface area contributed by atoms with Gasteiger partial charge in [-0.05, 0) is 6.07 Å². The Morgan fingerprint density at radius 2 is 2.26 bits per heavy atom. The lowest BCUT2D eigenvalue weighted by Crippen LogP contribution is -2.29. The second-order valence-corrected chi connectivity index (χ2v) is 5.01. The molecule has 19 heavy (non-hydrogen) atoms. The molecule has 3 rings (SSSR count). The number of anilines is 1. The Hall–Kier alpha value is -2.15. The van der Waals surface area contributed by atoms with Crippen molar-refractivity contribution in [2.45, 2.75) is 6.04 Å². The molecule has 1 atom stereocenters. The van der Waals surface area contributed by atoms with Gasteiger partial charge in [0.1, 0.15) is 12.4 Å². The summed E-state index contributed by atoms with van der Waals surface area (Å²) in [6.45, 7) is 0.447. The van der Waals surface area contributed by atoms with E-state index in [-0.39, 0.29) is 11.9 Å². The summed E-state index contributed by atoms with van der Waals surface area (Å²) in [5, 5.41) is 14.4. The van der Waals surface area contributed by atoms with Crippen LogP contribution in [0.2, 0.25) is 0 Å². The highest BCUT2D eigenvalue weighted by Crippen LogP contribution is 2.31. The highest BCUT2D eigenvalue weighted by molar-refractivity contribution is 7.17. The second-order valence-electron chi connectivity index (χ2n) is 4.04. The van der Waals surface area contributed by atoms with Crippen LogP contribution < -0.4 is 15.4 Å². The van der Waals surface area contributed by atoms with Crippen molar-refractivity contribution < 1.29 is 9.53 Å². The Morgan fingerprint density at radius 1 is 1.42 bits per heavy atom. The molecule has 1 aliphatic rings. The molecule has 0 spiro atoms. The number of nitrogens with one attached hydrogen (secondary N) is 2. The molecule has 0 saturated heterocycles. The highest BCUT2D eigenvalue weighted by atomic mass is 32.1. The van der Waals surface area contributed by atoms with Crippen LogP contribution in [0.3, 0.4) is 0 Å². The molecule has 98 valence electrons. The van der Waals surface area contributed by atoms with E-state index >= 15 is 0 Å². The Bertz CT molecular complexity index is 613. The van der Waals surface area contributed by atoms with Crippen molar-refractivity contribution in [3.8, 4) is 5.75 Å². The minimum atomic E-state index is -0.232. The van der Waals surface area contributed by atoms with E-state index in [9.17, 15) is 4.79 Å². The van der Waals surface area contributed by atoms with Gasteiger partial charge in [0, 0.05) is 12.6 Å². The van der Waals surface area contributed by atoms with Crippen LogP contribution in [-0.4, -0.2) is 29.8 Å². The van der Waals surface area contributed by atoms with Crippen molar-refractivity contribution >= 4 is 22.4 Å². The fourth-order valence-electron chi connectivity index (χ4n) is 1.92. The molecule has 2 N–H and O–H groups in total. The van der Waals surface area contributed by atoms with Crippen LogP contribution in [0, 0.1) is 0 Å². The standard InChI is InChI=1S/C12H12N4O2S/c1-13-12-16-15-11(19-12)10(17)14-8-6-18-9-5-3-2-4-7(8)9/h2-5,8H,6H2,1H3,(H,13,16)(H,14,17). The summed E-state index contributed by atoms with van der Waals surface area (Å²) in [7, 11) is 1.74. The number of rotatable bonds is 3. The Labute approximate surface area is 113 Å². The number of nitrogens with zero attached hydrogens (tertiary/aromatic N) is 2. The fourth-order valence-corrected chi connectivity index (χ4v) is 2.52. The number of ether oxygens (including phenoxy) is 1. The zero-order chi connectivity index (χ0) is 13.2. The SMILES string of the molecule is CNc1nnc(C(=O)NC2COc3ccccc32)s1. The minimum Gasteiger partial charge on any atom is -0.491 e. The zero-order valence-electron chi connectivity index (χ0n) is 10.2. The molecule has 0 saturated carbocycles. The summed E-state index contributed by atoms with van der Waals surface area (Å²) in [5.41, 5.74) is 0.995. The fraction of sp³-hybridized carbons (Fsp3) is 0.250. The molecule has 0 aliphatic carbocycles. The van der Waals surface area contributed by atoms with Gasteiger partial charge in [-0.2, -0.15) is 0 Å². The lowest BCUT2D eigenvalue weighted by molar-refractivity contribution is 0.0929. The molecule has 2 heterocycles. The number of fused-ring (bicyclic) bond motifs is 1. The van der Waals surface area contributed by atoms with Gasteiger partial charge in [0.05, 0.1) is 6.04 Å². The van der Waals surface area contributed by atoms with E-state index in [1.807, 2.05) is 24.3 Å². The van der Waals surface area contributed by atoms with E-state index in [2.05, 4.69) is 20.8 Å². The molecule has 1 aliphatic heterocycles. The average molecular weight is 276 g/mol. The smallest absolute Gasteiger partial charge is 0.282 e. The molecule has 7 heteroatoms. The first kappa shape index (κ1) is 11.9. The van der Waals surface area contributed by atoms with Crippen LogP contribution >= 0.6 is 11.3 Å². The van der Waals surface area contributed by atoms with Crippen LogP contribution in [0.1, 0.15) is 21.4 Å². The third-order valence-corrected chi connectivity index (χ3v) is 3.78. The van der Waals surface area contributed by atoms with E-state index in [4.69, 9.17) is 4.74 Å². The molecule has 1 unspecified atom stereocenters. The van der Waals surface area contributed by atoms with Crippen LogP contribution in [0.15, 0.2) is 24.3 Å². The van der Waals surface area contributed by atoms with E-state index in [1.165, 1.54) is 11.3 Å². The number of hydrogen-bond donors (Lipinski definition) is 2. The molecule has 1 aromatic carbocycles. The summed E-state index contributed by atoms with van der Waals surface area (Å²) < 4.78 is 5.51. The first-order valence-electron chi connectivity index (χ1n) is 5.82. The third kappa shape index (κ3) is 2.24. The van der Waals surface area contributed by atoms with E-state index in [0.29, 0.717) is 16.7 Å². The Morgan fingerprint density at radius 3 is 3.05 bits per heavy atom. The maximum Gasteiger partial charge on any atom is 0.282 e. The number of para-hydroxylation sites is 1. The summed E-state index contributed by atoms with van der Waals surface area (Å²) >= 11 is 1.22. The average Bonchev–Trinajstić information content (AvgIpc) is 3.06. The lowest BCUT2D eigenvalue weighted by Gasteiger charge is -2.09. The first-order chi connectivity index (χ1) is 9.28. The second kappa shape index (κ2) is 4.85. The van der Waals surface area contributed by atoms with Crippen molar-refractivity contribution in [1.82, 2.24) is 15.5 Å². The van der Waals surface area contributed by atoms with Crippen molar-refractivity contribution in [3.63, 3.8) is 0 Å². The van der Waals surface area contributed by atoms with Crippen LogP contribution in [0.4, 0.5) is 5.13 Å². The topological polar surface area (TPSA) is 76.1 Å². The minimum absolute atomic E-state index is 0.134. The number of carbonyl (C=O) groups excluding carboxylic acids is 1. The third-order valence-electron chi connectivity index (χ3n) is 2.84. The van der Waals surface area contributed by atoms with E-state index in [1.54, 1.807) is 7.05 Å². The number of amides is 1. The normalized spacial score (nSPS) is 16.6. The number of hydrogen-bond acceptors (Lipinski definition) is 6. The summed E-state index contributed by atoms with van der Waals surface area (Å²) in [6.07, 6.45) is 0. The quantitative estimate of drug-likeness (QED) is 0.887. The molecule has 0 bridgehead atoms. The monoisotopic (exact) mass is 276 g/mol. The van der Waals surface area contributed by atoms with Crippen molar-refractivity contribution in [2.75, 3.05) is 19.0 Å². The van der Waals surface area contributed by atoms with E-state index < -0.39 is 0 Å². The summed E-state index contributed by atoms with van der Waals surface area (Å²) in [5.74, 6) is 0.588. The van der Waals surface area contributed by atoms with Gasteiger partial charge in [-0.1, -0.05) is 29.5 Å². The summed E-state index contributed by atoms with van der Waals surface area (Å²) in [4.78, 5) is 12.1. The van der Waals surface area contributed by atoms with Crippen molar-refractivity contribution in [2.24, 2.45) is 0 Å². The Balaban J connectivity index is 1.74. The predicted octanol–water partition coefficient (Wildman–Crippen LogP) is 1.44.